The van der Waals surface area contributed by atoms with Crippen molar-refractivity contribution in [2.24, 2.45) is 0 Å². The summed E-state index contributed by atoms with van der Waals surface area (Å²) in [7, 11) is 2.38. The number of nitrogens with zero attached hydrogens (tertiary/aromatic N) is 6. The molecule has 0 radical (unpaired) electrons. The SMILES string of the molecule is CO[C@H]1C(OP(O)(=S)OC[C@H]2O[C@@H](n3cc(C)c(=O)[nH]c3=O)[C@@H](OC)C2OP(O)(=S)OCCCO)[C@@H](COP(O)(=S)OC2C[C@H](n3cc(C)c(=O)[nH]c3=O)O[C@@H]2COP(O)(=S)OC2C[C@H](n3cnc4c(=O)[nH]c(N)nc43)O[C@@H]2COP(=S)(S)OC(C)C)O[C@H]1n1cc(C)c(=O)[nH]c1=O. The molecule has 19 atom stereocenters. The van der Waals surface area contributed by atoms with Gasteiger partial charge in [-0.05, 0) is 100 Å². The average molecular weight is 1600 g/mol. The lowest BCUT2D eigenvalue weighted by Gasteiger charge is -2.30. The number of H-pyrrole nitrogens is 4. The third-order valence-corrected chi connectivity index (χ3v) is 23.8. The van der Waals surface area contributed by atoms with Gasteiger partial charge in [0.25, 0.3) is 22.2 Å². The number of aromatic nitrogens is 10. The van der Waals surface area contributed by atoms with Crippen LogP contribution >= 0.6 is 44.8 Å². The maximum Gasteiger partial charge on any atom is 0.330 e. The zero-order valence-corrected chi connectivity index (χ0v) is 61.9. The molecule has 4 aliphatic heterocycles. The smallest absolute Gasteiger partial charge is 0.330 e. The Morgan fingerprint density at radius 3 is 1.44 bits per heavy atom. The topological polar surface area (TPSA) is 503 Å². The zero-order chi connectivity index (χ0) is 71.7. The van der Waals surface area contributed by atoms with Gasteiger partial charge in [0.15, 0.2) is 23.6 Å². The quantitative estimate of drug-likeness (QED) is 0.0155. The third kappa shape index (κ3) is 19.5. The van der Waals surface area contributed by atoms with E-state index < -0.39 is 178 Å². The van der Waals surface area contributed by atoms with E-state index in [0.29, 0.717) is 0 Å². The number of aliphatic hydroxyl groups is 1. The van der Waals surface area contributed by atoms with Crippen molar-refractivity contribution >= 4 is 121 Å². The summed E-state index contributed by atoms with van der Waals surface area (Å²) in [6.07, 6.45) is -15.4. The first-order chi connectivity index (χ1) is 45.9. The molecule has 50 heteroatoms. The van der Waals surface area contributed by atoms with Gasteiger partial charge >= 0.3 is 43.9 Å². The van der Waals surface area contributed by atoms with Crippen molar-refractivity contribution in [1.82, 2.24) is 48.2 Å². The van der Waals surface area contributed by atoms with Gasteiger partial charge in [0.1, 0.15) is 61.3 Å². The van der Waals surface area contributed by atoms with E-state index in [1.165, 1.54) is 58.3 Å². The Balaban J connectivity index is 0.953. The molecule has 11 N–H and O–H groups in total. The van der Waals surface area contributed by atoms with E-state index in [9.17, 15) is 58.2 Å². The lowest BCUT2D eigenvalue weighted by Crippen LogP contribution is -2.41. The van der Waals surface area contributed by atoms with Crippen LogP contribution in [0.1, 0.15) is 74.7 Å². The van der Waals surface area contributed by atoms with Crippen molar-refractivity contribution in [3.05, 3.63) is 114 Å². The maximum absolute atomic E-state index is 13.5. The number of nitrogens with two attached hydrogens (primary N) is 1. The Kier molecular flexibility index (Phi) is 26.3. The lowest BCUT2D eigenvalue weighted by atomic mass is 10.1. The average Bonchev–Trinajstić information content (AvgIpc) is 1.63. The monoisotopic (exact) mass is 1600 g/mol. The second-order valence-corrected chi connectivity index (χ2v) is 38.9. The van der Waals surface area contributed by atoms with Gasteiger partial charge in [0.05, 0.1) is 57.7 Å². The molecule has 4 fully saturated rings. The van der Waals surface area contributed by atoms with Gasteiger partial charge in [-0.15, -0.1) is 0 Å². The number of anilines is 1. The van der Waals surface area contributed by atoms with Crippen LogP contribution in [0.5, 0.6) is 0 Å². The molecule has 98 heavy (non-hydrogen) atoms. The molecule has 9 rings (SSSR count). The second-order valence-electron chi connectivity index (χ2n) is 22.5. The summed E-state index contributed by atoms with van der Waals surface area (Å²) >= 11 is 31.9. The van der Waals surface area contributed by atoms with E-state index in [4.69, 9.17) is 138 Å². The van der Waals surface area contributed by atoms with Gasteiger partial charge in [-0.2, -0.15) is 4.98 Å². The minimum Gasteiger partial charge on any atom is -0.396 e. The van der Waals surface area contributed by atoms with Gasteiger partial charge in [-0.25, -0.2) is 19.4 Å². The summed E-state index contributed by atoms with van der Waals surface area (Å²) in [6.45, 7) is -13.7. The standard InChI is InChI=1S/C48H70N11O28P5S6/c1-21(2)83-92(97,98)78-17-28-26(12-32(80-28)59-20-50-33-38(59)51-45(49)52-42(33)64)85-89(69,94)75-16-27-25(11-31(79-27)56-13-22(3)39(61)53-46(56)65)84-90(70,95)76-18-29-35(37(73-7)44(81-29)58-15-24(5)41(63)55-48(58)67)87-91(71,96)77-19-30-34(86-88(68,93)74-10-8-9-60)36(72-6)43(82-30)57-14-23(4)40(62)54-47(57)66/h13-15,20-21,25-32,34-37,43-44,60H,8-12,16-19H2,1-7H3,(H,68,93)(H,69,94)(H,70,95)(H,71,96)(H,97,98)(H,53,61,65)(H,54,62,66)(H,55,63,67)(H3,49,51,52,64)/t25?,26?,27-,28-,29-,30-,31-,32-,34?,35?,36+,37+,43-,44-,88?,89?,90?,91?/m1/s1. The van der Waals surface area contributed by atoms with Crippen LogP contribution in [0.25, 0.3) is 11.2 Å². The molecule has 5 aromatic heterocycles. The number of fused-ring (bicyclic) bond motifs is 1. The number of aryl methyl sites for hydroxylation is 3. The fourth-order valence-corrected chi connectivity index (χ4v) is 18.9. The Bertz CT molecular complexity index is 4420. The maximum atomic E-state index is 13.5. The summed E-state index contributed by atoms with van der Waals surface area (Å²) in [4.78, 5) is 154. The number of aliphatic hydroxyl groups excluding tert-OH is 1. The summed E-state index contributed by atoms with van der Waals surface area (Å²) in [5.41, 5.74) is -2.81. The van der Waals surface area contributed by atoms with Crippen molar-refractivity contribution in [3.63, 3.8) is 0 Å². The highest BCUT2D eigenvalue weighted by Crippen LogP contribution is 2.57. The summed E-state index contributed by atoms with van der Waals surface area (Å²) in [5, 5.41) is 9.34. The van der Waals surface area contributed by atoms with E-state index in [1.807, 2.05) is 0 Å². The lowest BCUT2D eigenvalue weighted by molar-refractivity contribution is -0.0639. The third-order valence-electron chi connectivity index (χ3n) is 15.1. The predicted molar refractivity (Wildman–Crippen MR) is 364 cm³/mol. The number of imidazole rings is 1. The van der Waals surface area contributed by atoms with Crippen molar-refractivity contribution in [2.45, 2.75) is 146 Å². The number of hydrogen-bond acceptors (Lipinski definition) is 32. The number of thiol groups is 1. The molecule has 0 bridgehead atoms. The number of nitrogens with one attached hydrogen (secondary N) is 4. The Morgan fingerprint density at radius 1 is 0.582 bits per heavy atom. The fraction of sp³-hybridized carbons (Fsp3) is 0.646. The first-order valence-electron chi connectivity index (χ1n) is 29.2. The highest BCUT2D eigenvalue weighted by atomic mass is 32.9. The number of aromatic amines is 4. The molecule has 0 saturated carbocycles. The molecule has 546 valence electrons. The number of ether oxygens (including phenoxy) is 6. The Labute approximate surface area is 584 Å². The highest BCUT2D eigenvalue weighted by Gasteiger charge is 2.54. The zero-order valence-electron chi connectivity index (χ0n) is 52.4. The van der Waals surface area contributed by atoms with Crippen LogP contribution in [-0.4, -0.2) is 194 Å². The molecule has 0 aliphatic carbocycles. The summed E-state index contributed by atoms with van der Waals surface area (Å²) in [5.74, 6) is -0.216. The molecule has 9 unspecified atom stereocenters. The van der Waals surface area contributed by atoms with Crippen LogP contribution in [-0.2, 0) is 133 Å². The van der Waals surface area contributed by atoms with Crippen molar-refractivity contribution < 1.29 is 98.3 Å². The van der Waals surface area contributed by atoms with Gasteiger partial charge in [0, 0.05) is 68.9 Å². The Morgan fingerprint density at radius 2 is 0.990 bits per heavy atom. The first-order valence-corrected chi connectivity index (χ1v) is 43.3. The number of hydrogen-bond donors (Lipinski definition) is 11. The number of rotatable bonds is 32. The van der Waals surface area contributed by atoms with E-state index in [1.54, 1.807) is 13.8 Å². The molecule has 5 aromatic rings. The molecule has 9 heterocycles. The van der Waals surface area contributed by atoms with Gasteiger partial charge in [-0.3, -0.25) is 66.4 Å². The van der Waals surface area contributed by atoms with Gasteiger partial charge in [-0.1, -0.05) is 12.2 Å². The number of nitrogen functional groups attached to an aromatic ring is 1. The van der Waals surface area contributed by atoms with Gasteiger partial charge in [0.2, 0.25) is 11.6 Å². The van der Waals surface area contributed by atoms with Crippen molar-refractivity contribution in [1.29, 1.82) is 0 Å². The first kappa shape index (κ1) is 79.1. The molecule has 0 aromatic carbocycles. The van der Waals surface area contributed by atoms with Crippen LogP contribution in [0, 0.1) is 20.8 Å². The normalized spacial score (nSPS) is 29.0. The minimum atomic E-state index is -4.73. The van der Waals surface area contributed by atoms with E-state index in [0.717, 1.165) is 19.9 Å². The van der Waals surface area contributed by atoms with Crippen LogP contribution in [0.4, 0.5) is 5.95 Å². The molecule has 4 aliphatic rings. The number of methoxy groups -OCH3 is 2. The minimum absolute atomic E-state index is 0.0331. The van der Waals surface area contributed by atoms with Crippen molar-refractivity contribution in [3.8, 4) is 0 Å². The second kappa shape index (κ2) is 32.5. The van der Waals surface area contributed by atoms with E-state index in [-0.39, 0.29) is 79.0 Å². The van der Waals surface area contributed by atoms with Crippen LogP contribution in [0.15, 0.2) is 58.5 Å². The summed E-state index contributed by atoms with van der Waals surface area (Å²) in [6, 6.07) is 0. The molecule has 0 spiro atoms. The van der Waals surface area contributed by atoms with E-state index in [2.05, 4.69) is 42.2 Å². The molecular weight excluding hydrogens is 1530 g/mol. The predicted octanol–water partition coefficient (Wildman–Crippen LogP) is 0.130. The largest absolute Gasteiger partial charge is 0.396 e. The molecule has 0 amide bonds. The van der Waals surface area contributed by atoms with Gasteiger partial charge < -0.3 is 95.0 Å². The van der Waals surface area contributed by atoms with Crippen LogP contribution < -0.4 is 45.0 Å². The fourth-order valence-electron chi connectivity index (χ4n) is 10.6. The molecule has 4 saturated heterocycles. The Hall–Kier alpha value is -3.05. The summed E-state index contributed by atoms with van der Waals surface area (Å²) < 4.78 is 99.9. The highest BCUT2D eigenvalue weighted by molar-refractivity contribution is 8.60. The van der Waals surface area contributed by atoms with Crippen LogP contribution in [0.2, 0.25) is 0 Å². The molecular formula is C48H70N11O28P5S6. The van der Waals surface area contributed by atoms with Crippen LogP contribution in [0.3, 0.4) is 0 Å². The van der Waals surface area contributed by atoms with Crippen molar-refractivity contribution in [2.75, 3.05) is 59.6 Å². The van der Waals surface area contributed by atoms with E-state index >= 15 is 0 Å². The molecule has 39 nitrogen and oxygen atoms in total.